The van der Waals surface area contributed by atoms with E-state index < -0.39 is 0 Å². The zero-order chi connectivity index (χ0) is 10.8. The lowest BCUT2D eigenvalue weighted by molar-refractivity contribution is 0.103. The fourth-order valence-electron chi connectivity index (χ4n) is 1.37. The second kappa shape index (κ2) is 4.29. The molecule has 1 nitrogen and oxygen atoms in total. The zero-order valence-corrected chi connectivity index (χ0v) is 10.6. The van der Waals surface area contributed by atoms with Crippen LogP contribution in [0.15, 0.2) is 39.5 Å². The maximum Gasteiger partial charge on any atom is 0.195 e. The first kappa shape index (κ1) is 10.6. The first-order valence-electron chi connectivity index (χ1n) is 4.52. The summed E-state index contributed by atoms with van der Waals surface area (Å²) in [6, 6.07) is 7.58. The molecule has 0 unspecified atom stereocenters. The monoisotopic (exact) mass is 280 g/mol. The number of hydrogen-bond donors (Lipinski definition) is 0. The van der Waals surface area contributed by atoms with Crippen LogP contribution in [-0.4, -0.2) is 5.78 Å². The summed E-state index contributed by atoms with van der Waals surface area (Å²) in [5, 5.41) is 3.79. The summed E-state index contributed by atoms with van der Waals surface area (Å²) in [4.78, 5) is 12.1. The number of carbonyl (C=O) groups is 1. The molecule has 0 spiro atoms. The molecule has 0 aliphatic heterocycles. The average molecular weight is 281 g/mol. The molecule has 0 aliphatic carbocycles. The van der Waals surface area contributed by atoms with Crippen LogP contribution >= 0.6 is 27.3 Å². The minimum Gasteiger partial charge on any atom is -0.289 e. The Labute approximate surface area is 101 Å². The average Bonchev–Trinajstić information content (AvgIpc) is 2.74. The van der Waals surface area contributed by atoms with Crippen molar-refractivity contribution >= 4 is 33.0 Å². The molecule has 2 aromatic rings. The van der Waals surface area contributed by atoms with Gasteiger partial charge >= 0.3 is 0 Å². The Morgan fingerprint density at radius 2 is 2.13 bits per heavy atom. The van der Waals surface area contributed by atoms with Gasteiger partial charge in [-0.1, -0.05) is 12.1 Å². The molecule has 0 amide bonds. The number of aryl methyl sites for hydroxylation is 1. The number of rotatable bonds is 2. The summed E-state index contributed by atoms with van der Waals surface area (Å²) in [7, 11) is 0. The molecule has 1 heterocycles. The second-order valence-corrected chi connectivity index (χ2v) is 4.85. The highest BCUT2D eigenvalue weighted by Gasteiger charge is 2.13. The van der Waals surface area contributed by atoms with Gasteiger partial charge in [-0.05, 0) is 45.9 Å². The van der Waals surface area contributed by atoms with E-state index in [0.717, 1.165) is 21.2 Å². The fourth-order valence-corrected chi connectivity index (χ4v) is 2.45. The van der Waals surface area contributed by atoms with Crippen LogP contribution < -0.4 is 0 Å². The lowest BCUT2D eigenvalue weighted by atomic mass is 10.0. The van der Waals surface area contributed by atoms with Crippen molar-refractivity contribution in [1.29, 1.82) is 0 Å². The van der Waals surface area contributed by atoms with Crippen molar-refractivity contribution in [3.63, 3.8) is 0 Å². The van der Waals surface area contributed by atoms with E-state index in [1.165, 1.54) is 11.3 Å². The Kier molecular flexibility index (Phi) is 3.03. The second-order valence-electron chi connectivity index (χ2n) is 3.28. The van der Waals surface area contributed by atoms with Crippen molar-refractivity contribution in [2.45, 2.75) is 6.92 Å². The molecule has 0 atom stereocenters. The molecular formula is C12H9BrOS. The van der Waals surface area contributed by atoms with Crippen LogP contribution in [0.25, 0.3) is 0 Å². The van der Waals surface area contributed by atoms with E-state index in [4.69, 9.17) is 0 Å². The van der Waals surface area contributed by atoms with Gasteiger partial charge in [0.1, 0.15) is 0 Å². The summed E-state index contributed by atoms with van der Waals surface area (Å²) in [5.74, 6) is 0.0758. The van der Waals surface area contributed by atoms with E-state index >= 15 is 0 Å². The molecule has 0 aliphatic rings. The lowest BCUT2D eigenvalue weighted by Crippen LogP contribution is -2.01. The smallest absolute Gasteiger partial charge is 0.195 e. The molecule has 15 heavy (non-hydrogen) atoms. The Hall–Kier alpha value is -0.930. The van der Waals surface area contributed by atoms with Crippen LogP contribution in [0, 0.1) is 6.92 Å². The van der Waals surface area contributed by atoms with Gasteiger partial charge in [0.2, 0.25) is 0 Å². The quantitative estimate of drug-likeness (QED) is 0.759. The lowest BCUT2D eigenvalue weighted by Gasteiger charge is -2.04. The first-order chi connectivity index (χ1) is 7.20. The highest BCUT2D eigenvalue weighted by atomic mass is 79.9. The van der Waals surface area contributed by atoms with Crippen LogP contribution in [0.3, 0.4) is 0 Å². The standard InChI is InChI=1S/C12H9BrOS/c1-8-3-2-4-10(11(8)13)12(14)9-5-6-15-7-9/h2-7H,1H3. The van der Waals surface area contributed by atoms with Crippen LogP contribution in [-0.2, 0) is 0 Å². The molecule has 1 aromatic carbocycles. The molecule has 76 valence electrons. The minimum absolute atomic E-state index is 0.0758. The molecular weight excluding hydrogens is 272 g/mol. The highest BCUT2D eigenvalue weighted by molar-refractivity contribution is 9.10. The summed E-state index contributed by atoms with van der Waals surface area (Å²) in [5.41, 5.74) is 2.57. The van der Waals surface area contributed by atoms with E-state index in [1.54, 1.807) is 0 Å². The topological polar surface area (TPSA) is 17.1 Å². The van der Waals surface area contributed by atoms with Gasteiger partial charge in [0.15, 0.2) is 5.78 Å². The number of halogens is 1. The van der Waals surface area contributed by atoms with Crippen molar-refractivity contribution < 1.29 is 4.79 Å². The highest BCUT2D eigenvalue weighted by Crippen LogP contribution is 2.24. The van der Waals surface area contributed by atoms with Crippen molar-refractivity contribution in [1.82, 2.24) is 0 Å². The van der Waals surface area contributed by atoms with Gasteiger partial charge in [-0.2, -0.15) is 11.3 Å². The molecule has 0 saturated heterocycles. The van der Waals surface area contributed by atoms with E-state index in [0.29, 0.717) is 0 Å². The maximum atomic E-state index is 12.1. The Balaban J connectivity index is 2.47. The predicted molar refractivity (Wildman–Crippen MR) is 66.6 cm³/mol. The molecule has 0 radical (unpaired) electrons. The zero-order valence-electron chi connectivity index (χ0n) is 8.16. The number of ketones is 1. The van der Waals surface area contributed by atoms with Crippen LogP contribution in [0.5, 0.6) is 0 Å². The molecule has 0 saturated carbocycles. The van der Waals surface area contributed by atoms with Crippen molar-refractivity contribution in [2.75, 3.05) is 0 Å². The van der Waals surface area contributed by atoms with E-state index in [1.807, 2.05) is 41.9 Å². The molecule has 0 fully saturated rings. The van der Waals surface area contributed by atoms with Gasteiger partial charge in [0.05, 0.1) is 0 Å². The maximum absolute atomic E-state index is 12.1. The van der Waals surface area contributed by atoms with Crippen molar-refractivity contribution in [2.24, 2.45) is 0 Å². The van der Waals surface area contributed by atoms with Gasteiger partial charge < -0.3 is 0 Å². The summed E-state index contributed by atoms with van der Waals surface area (Å²) < 4.78 is 0.890. The van der Waals surface area contributed by atoms with Crippen LogP contribution in [0.1, 0.15) is 21.5 Å². The largest absolute Gasteiger partial charge is 0.289 e. The van der Waals surface area contributed by atoms with E-state index in [-0.39, 0.29) is 5.78 Å². The number of carbonyl (C=O) groups excluding carboxylic acids is 1. The van der Waals surface area contributed by atoms with Crippen molar-refractivity contribution in [3.05, 3.63) is 56.2 Å². The number of hydrogen-bond acceptors (Lipinski definition) is 2. The molecule has 1 aromatic heterocycles. The SMILES string of the molecule is Cc1cccc(C(=O)c2ccsc2)c1Br. The van der Waals surface area contributed by atoms with E-state index in [9.17, 15) is 4.79 Å². The minimum atomic E-state index is 0.0758. The molecule has 0 bridgehead atoms. The number of thiophene rings is 1. The number of benzene rings is 1. The Bertz CT molecular complexity index is 488. The third-order valence-electron chi connectivity index (χ3n) is 2.22. The van der Waals surface area contributed by atoms with E-state index in [2.05, 4.69) is 15.9 Å². The predicted octanol–water partition coefficient (Wildman–Crippen LogP) is 4.05. The molecule has 3 heteroatoms. The van der Waals surface area contributed by atoms with Gasteiger partial charge in [-0.15, -0.1) is 0 Å². The third kappa shape index (κ3) is 2.03. The molecule has 0 N–H and O–H groups in total. The van der Waals surface area contributed by atoms with Gasteiger partial charge in [0, 0.05) is 21.0 Å². The fraction of sp³-hybridized carbons (Fsp3) is 0.0833. The van der Waals surface area contributed by atoms with Gasteiger partial charge in [-0.25, -0.2) is 0 Å². The molecule has 2 rings (SSSR count). The first-order valence-corrected chi connectivity index (χ1v) is 6.26. The summed E-state index contributed by atoms with van der Waals surface area (Å²) >= 11 is 4.99. The third-order valence-corrected chi connectivity index (χ3v) is 3.96. The Morgan fingerprint density at radius 1 is 1.33 bits per heavy atom. The van der Waals surface area contributed by atoms with Gasteiger partial charge in [0.25, 0.3) is 0 Å². The van der Waals surface area contributed by atoms with Gasteiger partial charge in [-0.3, -0.25) is 4.79 Å². The normalized spacial score (nSPS) is 10.3. The summed E-state index contributed by atoms with van der Waals surface area (Å²) in [6.07, 6.45) is 0. The summed E-state index contributed by atoms with van der Waals surface area (Å²) in [6.45, 7) is 1.98. The van der Waals surface area contributed by atoms with Crippen LogP contribution in [0.4, 0.5) is 0 Å². The Morgan fingerprint density at radius 3 is 2.80 bits per heavy atom. The van der Waals surface area contributed by atoms with Crippen molar-refractivity contribution in [3.8, 4) is 0 Å². The van der Waals surface area contributed by atoms with Crippen LogP contribution in [0.2, 0.25) is 0 Å².